The second kappa shape index (κ2) is 11.4. The Balaban J connectivity index is 1.58. The van der Waals surface area contributed by atoms with Crippen molar-refractivity contribution in [3.63, 3.8) is 0 Å². The van der Waals surface area contributed by atoms with E-state index < -0.39 is 0 Å². The van der Waals surface area contributed by atoms with Crippen molar-refractivity contribution in [1.82, 2.24) is 9.97 Å². The van der Waals surface area contributed by atoms with E-state index in [0.29, 0.717) is 23.1 Å². The summed E-state index contributed by atoms with van der Waals surface area (Å²) in [4.78, 5) is 21.4. The SMILES string of the molecule is CCCCCc1cnc(-c2ccc(C(=O)Oc3ccc(CC(C)CC)cc3)cc2)nc1. The lowest BCUT2D eigenvalue weighted by atomic mass is 9.99. The molecule has 0 aliphatic carbocycles. The topological polar surface area (TPSA) is 52.1 Å². The lowest BCUT2D eigenvalue weighted by molar-refractivity contribution is 0.0734. The van der Waals surface area contributed by atoms with Crippen molar-refractivity contribution in [1.29, 1.82) is 0 Å². The number of esters is 1. The molecule has 0 aliphatic heterocycles. The molecule has 1 aromatic heterocycles. The van der Waals surface area contributed by atoms with E-state index in [9.17, 15) is 4.79 Å². The van der Waals surface area contributed by atoms with Gasteiger partial charge in [0.05, 0.1) is 5.56 Å². The second-order valence-electron chi connectivity index (χ2n) is 8.20. The van der Waals surface area contributed by atoms with Crippen molar-refractivity contribution in [3.05, 3.63) is 77.6 Å². The molecule has 31 heavy (non-hydrogen) atoms. The van der Waals surface area contributed by atoms with Gasteiger partial charge in [-0.05, 0) is 60.6 Å². The molecule has 0 saturated carbocycles. The third kappa shape index (κ3) is 6.74. The maximum atomic E-state index is 12.5. The normalized spacial score (nSPS) is 11.8. The van der Waals surface area contributed by atoms with E-state index in [0.717, 1.165) is 36.8 Å². The van der Waals surface area contributed by atoms with Crippen LogP contribution >= 0.6 is 0 Å². The van der Waals surface area contributed by atoms with Gasteiger partial charge in [0.15, 0.2) is 5.82 Å². The van der Waals surface area contributed by atoms with Crippen LogP contribution in [-0.2, 0) is 12.8 Å². The predicted octanol–water partition coefficient (Wildman–Crippen LogP) is 6.68. The Morgan fingerprint density at radius 1 is 0.903 bits per heavy atom. The summed E-state index contributed by atoms with van der Waals surface area (Å²) in [6.45, 7) is 6.64. The molecule has 1 atom stereocenters. The van der Waals surface area contributed by atoms with Crippen LogP contribution in [0.2, 0.25) is 0 Å². The lowest BCUT2D eigenvalue weighted by Gasteiger charge is -2.09. The number of aromatic nitrogens is 2. The molecule has 0 bridgehead atoms. The third-order valence-electron chi connectivity index (χ3n) is 5.57. The summed E-state index contributed by atoms with van der Waals surface area (Å²) in [5.74, 6) is 1.50. The van der Waals surface area contributed by atoms with Crippen LogP contribution in [0.1, 0.15) is 67.9 Å². The smallest absolute Gasteiger partial charge is 0.343 e. The molecule has 162 valence electrons. The van der Waals surface area contributed by atoms with E-state index in [1.54, 1.807) is 12.1 Å². The van der Waals surface area contributed by atoms with Gasteiger partial charge in [-0.25, -0.2) is 14.8 Å². The van der Waals surface area contributed by atoms with Crippen LogP contribution in [0.25, 0.3) is 11.4 Å². The molecule has 1 heterocycles. The zero-order valence-electron chi connectivity index (χ0n) is 18.8. The lowest BCUT2D eigenvalue weighted by Crippen LogP contribution is -2.08. The van der Waals surface area contributed by atoms with E-state index in [1.165, 1.54) is 18.4 Å². The molecule has 1 unspecified atom stereocenters. The molecule has 0 saturated heterocycles. The Labute approximate surface area is 185 Å². The van der Waals surface area contributed by atoms with Crippen LogP contribution in [0.15, 0.2) is 60.9 Å². The van der Waals surface area contributed by atoms with Crippen LogP contribution in [0.5, 0.6) is 5.75 Å². The molecule has 0 radical (unpaired) electrons. The molecule has 0 amide bonds. The molecule has 0 fully saturated rings. The van der Waals surface area contributed by atoms with Crippen molar-refractivity contribution < 1.29 is 9.53 Å². The van der Waals surface area contributed by atoms with Crippen molar-refractivity contribution in [2.24, 2.45) is 5.92 Å². The number of hydrogen-bond acceptors (Lipinski definition) is 4. The van der Waals surface area contributed by atoms with Crippen molar-refractivity contribution in [3.8, 4) is 17.1 Å². The molecular weight excluding hydrogens is 384 g/mol. The minimum absolute atomic E-state index is 0.367. The third-order valence-corrected chi connectivity index (χ3v) is 5.57. The standard InChI is InChI=1S/C27H32N2O2/c1-4-6-7-8-22-18-28-26(29-19-22)23-11-13-24(14-12-23)27(30)31-25-15-9-21(10-16-25)17-20(3)5-2/h9-16,18-20H,4-8,17H2,1-3H3. The molecular formula is C27H32N2O2. The number of benzene rings is 2. The van der Waals surface area contributed by atoms with Crippen molar-refractivity contribution in [2.45, 2.75) is 59.3 Å². The van der Waals surface area contributed by atoms with Gasteiger partial charge < -0.3 is 4.74 Å². The molecule has 0 spiro atoms. The van der Waals surface area contributed by atoms with Gasteiger partial charge in [-0.1, -0.05) is 64.3 Å². The monoisotopic (exact) mass is 416 g/mol. The first-order chi connectivity index (χ1) is 15.1. The highest BCUT2D eigenvalue weighted by Gasteiger charge is 2.10. The van der Waals surface area contributed by atoms with Crippen LogP contribution in [0.3, 0.4) is 0 Å². The highest BCUT2D eigenvalue weighted by atomic mass is 16.5. The van der Waals surface area contributed by atoms with Crippen molar-refractivity contribution >= 4 is 5.97 Å². The van der Waals surface area contributed by atoms with Gasteiger partial charge in [-0.15, -0.1) is 0 Å². The van der Waals surface area contributed by atoms with E-state index in [4.69, 9.17) is 4.74 Å². The Hall–Kier alpha value is -3.01. The first kappa shape index (κ1) is 22.7. The summed E-state index contributed by atoms with van der Waals surface area (Å²) >= 11 is 0. The molecule has 4 nitrogen and oxygen atoms in total. The summed E-state index contributed by atoms with van der Waals surface area (Å²) in [6, 6.07) is 15.0. The molecule has 4 heteroatoms. The second-order valence-corrected chi connectivity index (χ2v) is 8.20. The van der Waals surface area contributed by atoms with E-state index in [1.807, 2.05) is 48.8 Å². The maximum Gasteiger partial charge on any atom is 0.343 e. The maximum absolute atomic E-state index is 12.5. The van der Waals surface area contributed by atoms with Gasteiger partial charge >= 0.3 is 5.97 Å². The minimum Gasteiger partial charge on any atom is -0.423 e. The highest BCUT2D eigenvalue weighted by Crippen LogP contribution is 2.20. The Kier molecular flexibility index (Phi) is 8.34. The van der Waals surface area contributed by atoms with Gasteiger partial charge in [-0.3, -0.25) is 0 Å². The van der Waals surface area contributed by atoms with Gasteiger partial charge in [0, 0.05) is 18.0 Å². The van der Waals surface area contributed by atoms with Crippen LogP contribution < -0.4 is 4.74 Å². The average Bonchev–Trinajstić information content (AvgIpc) is 2.81. The summed E-state index contributed by atoms with van der Waals surface area (Å²) in [6.07, 6.45) is 10.6. The van der Waals surface area contributed by atoms with Gasteiger partial charge in [0.1, 0.15) is 5.75 Å². The number of carbonyl (C=O) groups excluding carboxylic acids is 1. The first-order valence-corrected chi connectivity index (χ1v) is 11.3. The largest absolute Gasteiger partial charge is 0.423 e. The predicted molar refractivity (Wildman–Crippen MR) is 125 cm³/mol. The zero-order valence-corrected chi connectivity index (χ0v) is 18.8. The molecule has 3 rings (SSSR count). The van der Waals surface area contributed by atoms with Crippen molar-refractivity contribution in [2.75, 3.05) is 0 Å². The van der Waals surface area contributed by atoms with Gasteiger partial charge in [0.2, 0.25) is 0 Å². The fourth-order valence-electron chi connectivity index (χ4n) is 3.37. The Morgan fingerprint density at radius 3 is 2.19 bits per heavy atom. The Morgan fingerprint density at radius 2 is 1.58 bits per heavy atom. The fourth-order valence-corrected chi connectivity index (χ4v) is 3.37. The van der Waals surface area contributed by atoms with Gasteiger partial charge in [0.25, 0.3) is 0 Å². The minimum atomic E-state index is -0.367. The quantitative estimate of drug-likeness (QED) is 0.210. The Bertz CT molecular complexity index is 948. The summed E-state index contributed by atoms with van der Waals surface area (Å²) in [5, 5.41) is 0. The van der Waals surface area contributed by atoms with Gasteiger partial charge in [-0.2, -0.15) is 0 Å². The highest BCUT2D eigenvalue weighted by molar-refractivity contribution is 5.91. The number of unbranched alkanes of at least 4 members (excludes halogenated alkanes) is 2. The molecule has 2 aromatic carbocycles. The van der Waals surface area contributed by atoms with E-state index in [2.05, 4.69) is 30.7 Å². The van der Waals surface area contributed by atoms with Crippen LogP contribution in [0, 0.1) is 5.92 Å². The fraction of sp³-hybridized carbons (Fsp3) is 0.370. The molecule has 0 aliphatic rings. The number of aryl methyl sites for hydroxylation is 1. The number of hydrogen-bond donors (Lipinski definition) is 0. The summed E-state index contributed by atoms with van der Waals surface area (Å²) in [5.41, 5.74) is 3.80. The summed E-state index contributed by atoms with van der Waals surface area (Å²) < 4.78 is 5.52. The summed E-state index contributed by atoms with van der Waals surface area (Å²) in [7, 11) is 0. The number of nitrogens with zero attached hydrogens (tertiary/aromatic N) is 2. The zero-order chi connectivity index (χ0) is 22.1. The molecule has 0 N–H and O–H groups in total. The molecule has 3 aromatic rings. The van der Waals surface area contributed by atoms with Crippen LogP contribution in [0.4, 0.5) is 0 Å². The first-order valence-electron chi connectivity index (χ1n) is 11.3. The number of carbonyl (C=O) groups is 1. The number of rotatable bonds is 10. The average molecular weight is 417 g/mol. The van der Waals surface area contributed by atoms with E-state index >= 15 is 0 Å². The van der Waals surface area contributed by atoms with E-state index in [-0.39, 0.29) is 5.97 Å². The van der Waals surface area contributed by atoms with Crippen LogP contribution in [-0.4, -0.2) is 15.9 Å². The number of ether oxygens (including phenoxy) is 1.